The molecule has 2 aromatic rings. The SMILES string of the molecule is COc1cncc(C(NN)C2Cc3ccccc3O2)c1. The van der Waals surface area contributed by atoms with Gasteiger partial charge in [0, 0.05) is 12.6 Å². The summed E-state index contributed by atoms with van der Waals surface area (Å²) in [7, 11) is 1.62. The maximum absolute atomic E-state index is 5.98. The van der Waals surface area contributed by atoms with Gasteiger partial charge in [0.15, 0.2) is 0 Å². The van der Waals surface area contributed by atoms with Crippen LogP contribution in [0.15, 0.2) is 42.7 Å². The van der Waals surface area contributed by atoms with Crippen molar-refractivity contribution >= 4 is 0 Å². The van der Waals surface area contributed by atoms with Gasteiger partial charge in [-0.15, -0.1) is 0 Å². The molecule has 2 unspecified atom stereocenters. The zero-order chi connectivity index (χ0) is 13.9. The summed E-state index contributed by atoms with van der Waals surface area (Å²) in [5.41, 5.74) is 4.98. The lowest BCUT2D eigenvalue weighted by molar-refractivity contribution is 0.178. The third kappa shape index (κ3) is 2.33. The van der Waals surface area contributed by atoms with Crippen molar-refractivity contribution in [1.82, 2.24) is 10.4 Å². The fourth-order valence-corrected chi connectivity index (χ4v) is 2.53. The topological polar surface area (TPSA) is 69.4 Å². The third-order valence-electron chi connectivity index (χ3n) is 3.55. The summed E-state index contributed by atoms with van der Waals surface area (Å²) >= 11 is 0. The van der Waals surface area contributed by atoms with Gasteiger partial charge >= 0.3 is 0 Å². The standard InChI is InChI=1S/C15H17N3O2/c1-19-12-6-11(8-17-9-12)15(18-16)14-7-10-4-2-3-5-13(10)20-14/h2-6,8-9,14-15,18H,7,16H2,1H3. The largest absolute Gasteiger partial charge is 0.495 e. The highest BCUT2D eigenvalue weighted by atomic mass is 16.5. The molecule has 0 bridgehead atoms. The van der Waals surface area contributed by atoms with Gasteiger partial charge in [-0.1, -0.05) is 18.2 Å². The molecule has 1 aromatic carbocycles. The van der Waals surface area contributed by atoms with E-state index in [-0.39, 0.29) is 12.1 Å². The minimum Gasteiger partial charge on any atom is -0.495 e. The van der Waals surface area contributed by atoms with Crippen molar-refractivity contribution in [3.8, 4) is 11.5 Å². The van der Waals surface area contributed by atoms with E-state index in [1.165, 1.54) is 5.56 Å². The van der Waals surface area contributed by atoms with Crippen molar-refractivity contribution in [2.24, 2.45) is 5.84 Å². The Morgan fingerprint density at radius 3 is 3.00 bits per heavy atom. The average molecular weight is 271 g/mol. The molecule has 0 amide bonds. The van der Waals surface area contributed by atoms with E-state index >= 15 is 0 Å². The molecule has 0 radical (unpaired) electrons. The van der Waals surface area contributed by atoms with Crippen LogP contribution in [0.1, 0.15) is 17.2 Å². The monoisotopic (exact) mass is 271 g/mol. The van der Waals surface area contributed by atoms with Crippen LogP contribution in [0.5, 0.6) is 11.5 Å². The van der Waals surface area contributed by atoms with E-state index in [9.17, 15) is 0 Å². The number of pyridine rings is 1. The van der Waals surface area contributed by atoms with Gasteiger partial charge in [0.1, 0.15) is 17.6 Å². The number of hydrogen-bond acceptors (Lipinski definition) is 5. The Morgan fingerprint density at radius 1 is 1.40 bits per heavy atom. The summed E-state index contributed by atoms with van der Waals surface area (Å²) < 4.78 is 11.2. The molecule has 2 atom stereocenters. The van der Waals surface area contributed by atoms with Crippen LogP contribution >= 0.6 is 0 Å². The second-order valence-corrected chi connectivity index (χ2v) is 4.77. The van der Waals surface area contributed by atoms with Crippen LogP contribution in [0, 0.1) is 0 Å². The highest BCUT2D eigenvalue weighted by Crippen LogP contribution is 2.34. The number of rotatable bonds is 4. The number of hydrazine groups is 1. The molecule has 0 spiro atoms. The number of nitrogens with two attached hydrogens (primary N) is 1. The number of nitrogens with zero attached hydrogens (tertiary/aromatic N) is 1. The lowest BCUT2D eigenvalue weighted by Crippen LogP contribution is -2.38. The zero-order valence-corrected chi connectivity index (χ0v) is 11.2. The lowest BCUT2D eigenvalue weighted by atomic mass is 9.99. The first-order valence-electron chi connectivity index (χ1n) is 6.51. The number of fused-ring (bicyclic) bond motifs is 1. The highest BCUT2D eigenvalue weighted by Gasteiger charge is 2.31. The van der Waals surface area contributed by atoms with Gasteiger partial charge < -0.3 is 9.47 Å². The first-order valence-corrected chi connectivity index (χ1v) is 6.51. The van der Waals surface area contributed by atoms with Gasteiger partial charge in [-0.2, -0.15) is 0 Å². The Labute approximate surface area is 117 Å². The average Bonchev–Trinajstić information content (AvgIpc) is 2.91. The van der Waals surface area contributed by atoms with E-state index in [1.807, 2.05) is 24.3 Å². The molecule has 20 heavy (non-hydrogen) atoms. The zero-order valence-electron chi connectivity index (χ0n) is 11.2. The fraction of sp³-hybridized carbons (Fsp3) is 0.267. The number of aromatic nitrogens is 1. The molecule has 0 saturated heterocycles. The Balaban J connectivity index is 1.85. The summed E-state index contributed by atoms with van der Waals surface area (Å²) in [6.45, 7) is 0. The van der Waals surface area contributed by atoms with Crippen molar-refractivity contribution in [3.05, 3.63) is 53.9 Å². The minimum atomic E-state index is -0.134. The van der Waals surface area contributed by atoms with Crippen LogP contribution in [0.2, 0.25) is 0 Å². The molecule has 2 heterocycles. The third-order valence-corrected chi connectivity index (χ3v) is 3.55. The molecule has 1 aromatic heterocycles. The number of hydrogen-bond donors (Lipinski definition) is 2. The molecule has 1 aliphatic heterocycles. The van der Waals surface area contributed by atoms with E-state index in [4.69, 9.17) is 15.3 Å². The van der Waals surface area contributed by atoms with Crippen LogP contribution in [-0.4, -0.2) is 18.2 Å². The molecular weight excluding hydrogens is 254 g/mol. The molecule has 5 nitrogen and oxygen atoms in total. The van der Waals surface area contributed by atoms with Crippen molar-refractivity contribution < 1.29 is 9.47 Å². The smallest absolute Gasteiger partial charge is 0.137 e. The van der Waals surface area contributed by atoms with Crippen LogP contribution in [0.25, 0.3) is 0 Å². The maximum Gasteiger partial charge on any atom is 0.137 e. The van der Waals surface area contributed by atoms with E-state index in [0.717, 1.165) is 17.7 Å². The lowest BCUT2D eigenvalue weighted by Gasteiger charge is -2.22. The molecule has 5 heteroatoms. The number of nitrogens with one attached hydrogen (secondary N) is 1. The number of methoxy groups -OCH3 is 1. The number of ether oxygens (including phenoxy) is 2. The van der Waals surface area contributed by atoms with Crippen LogP contribution in [0.4, 0.5) is 0 Å². The van der Waals surface area contributed by atoms with E-state index in [0.29, 0.717) is 5.75 Å². The second-order valence-electron chi connectivity index (χ2n) is 4.77. The van der Waals surface area contributed by atoms with Gasteiger partial charge in [0.2, 0.25) is 0 Å². The first kappa shape index (κ1) is 12.9. The predicted octanol–water partition coefficient (Wildman–Crippen LogP) is 1.60. The van der Waals surface area contributed by atoms with Crippen molar-refractivity contribution in [2.75, 3.05) is 7.11 Å². The molecule has 0 aliphatic carbocycles. The minimum absolute atomic E-state index is 0.0497. The Kier molecular flexibility index (Phi) is 3.54. The quantitative estimate of drug-likeness (QED) is 0.653. The van der Waals surface area contributed by atoms with E-state index in [2.05, 4.69) is 16.5 Å². The summed E-state index contributed by atoms with van der Waals surface area (Å²) in [5, 5.41) is 0. The molecule has 0 fully saturated rings. The summed E-state index contributed by atoms with van der Waals surface area (Å²) in [5.74, 6) is 7.34. The first-order chi connectivity index (χ1) is 9.81. The van der Waals surface area contributed by atoms with Crippen molar-refractivity contribution in [1.29, 1.82) is 0 Å². The molecule has 3 N–H and O–H groups in total. The van der Waals surface area contributed by atoms with Crippen LogP contribution in [-0.2, 0) is 6.42 Å². The van der Waals surface area contributed by atoms with E-state index < -0.39 is 0 Å². The number of para-hydroxylation sites is 1. The van der Waals surface area contributed by atoms with Crippen molar-refractivity contribution in [3.63, 3.8) is 0 Å². The Hall–Kier alpha value is -2.11. The summed E-state index contributed by atoms with van der Waals surface area (Å²) in [4.78, 5) is 4.17. The van der Waals surface area contributed by atoms with Crippen molar-refractivity contribution in [2.45, 2.75) is 18.6 Å². The Morgan fingerprint density at radius 2 is 2.25 bits per heavy atom. The normalized spacial score (nSPS) is 18.2. The van der Waals surface area contributed by atoms with Gasteiger partial charge in [-0.3, -0.25) is 10.8 Å². The Bertz CT molecular complexity index is 578. The van der Waals surface area contributed by atoms with Crippen LogP contribution in [0.3, 0.4) is 0 Å². The molecule has 0 saturated carbocycles. The van der Waals surface area contributed by atoms with Crippen LogP contribution < -0.4 is 20.7 Å². The molecule has 3 rings (SSSR count). The summed E-state index contributed by atoms with van der Waals surface area (Å²) in [6, 6.07) is 9.83. The fourth-order valence-electron chi connectivity index (χ4n) is 2.53. The molecule has 1 aliphatic rings. The number of benzene rings is 1. The molecular formula is C15H17N3O2. The highest BCUT2D eigenvalue weighted by molar-refractivity contribution is 5.39. The summed E-state index contributed by atoms with van der Waals surface area (Å²) in [6.07, 6.45) is 4.22. The van der Waals surface area contributed by atoms with Gasteiger partial charge in [-0.05, 0) is 23.3 Å². The van der Waals surface area contributed by atoms with Gasteiger partial charge in [0.25, 0.3) is 0 Å². The van der Waals surface area contributed by atoms with Gasteiger partial charge in [0.05, 0.1) is 19.3 Å². The molecule has 104 valence electrons. The van der Waals surface area contributed by atoms with Gasteiger partial charge in [-0.25, -0.2) is 5.43 Å². The maximum atomic E-state index is 5.98. The van der Waals surface area contributed by atoms with E-state index in [1.54, 1.807) is 19.5 Å². The second kappa shape index (κ2) is 5.48. The predicted molar refractivity (Wildman–Crippen MR) is 75.4 cm³/mol.